The lowest BCUT2D eigenvalue weighted by molar-refractivity contribution is -0.129. The number of carbonyl (C=O) groups is 1. The van der Waals surface area contributed by atoms with E-state index in [1.165, 1.54) is 0 Å². The first-order valence-corrected chi connectivity index (χ1v) is 4.09. The van der Waals surface area contributed by atoms with Crippen molar-refractivity contribution < 1.29 is 9.53 Å². The minimum Gasteiger partial charge on any atom is -0.377 e. The molecule has 2 fully saturated rings. The Morgan fingerprint density at radius 2 is 2.18 bits per heavy atom. The molecule has 11 heavy (non-hydrogen) atoms. The quantitative estimate of drug-likeness (QED) is 0.623. The molecule has 0 aromatic rings. The Hall–Kier alpha value is -0.570. The molecule has 3 heteroatoms. The highest BCUT2D eigenvalue weighted by molar-refractivity contribution is 5.85. The van der Waals surface area contributed by atoms with Crippen molar-refractivity contribution in [1.29, 1.82) is 0 Å². The average molecular weight is 155 g/mol. The first kappa shape index (κ1) is 7.10. The first-order chi connectivity index (χ1) is 5.21. The summed E-state index contributed by atoms with van der Waals surface area (Å²) < 4.78 is 4.95. The molecule has 2 rings (SSSR count). The normalized spacial score (nSPS) is 27.4. The smallest absolute Gasteiger partial charge is 0.226 e. The van der Waals surface area contributed by atoms with E-state index in [0.29, 0.717) is 19.3 Å². The molecule has 0 atom stereocenters. The summed E-state index contributed by atoms with van der Waals surface area (Å²) in [5.41, 5.74) is -0.0322. The SMILES string of the molecule is CC1(C(=O)NC2COC2)CC1. The van der Waals surface area contributed by atoms with Crippen LogP contribution >= 0.6 is 0 Å². The van der Waals surface area contributed by atoms with Gasteiger partial charge in [-0.1, -0.05) is 6.92 Å². The molecule has 1 amide bonds. The summed E-state index contributed by atoms with van der Waals surface area (Å²) in [5.74, 6) is 0.214. The number of nitrogens with one attached hydrogen (secondary N) is 1. The zero-order chi connectivity index (χ0) is 7.90. The van der Waals surface area contributed by atoms with Crippen molar-refractivity contribution in [3.63, 3.8) is 0 Å². The molecule has 3 nitrogen and oxygen atoms in total. The molecule has 0 radical (unpaired) electrons. The summed E-state index contributed by atoms with van der Waals surface area (Å²) >= 11 is 0. The van der Waals surface area contributed by atoms with Crippen molar-refractivity contribution in [2.45, 2.75) is 25.8 Å². The minimum atomic E-state index is -0.0322. The number of carbonyl (C=O) groups excluding carboxylic acids is 1. The summed E-state index contributed by atoms with van der Waals surface area (Å²) in [4.78, 5) is 11.4. The van der Waals surface area contributed by atoms with Gasteiger partial charge in [-0.05, 0) is 12.8 Å². The van der Waals surface area contributed by atoms with Crippen LogP contribution in [0.1, 0.15) is 19.8 Å². The van der Waals surface area contributed by atoms with Crippen molar-refractivity contribution in [3.8, 4) is 0 Å². The lowest BCUT2D eigenvalue weighted by Crippen LogP contribution is -2.50. The fourth-order valence-electron chi connectivity index (χ4n) is 1.09. The number of amides is 1. The van der Waals surface area contributed by atoms with E-state index in [9.17, 15) is 4.79 Å². The minimum absolute atomic E-state index is 0.0322. The van der Waals surface area contributed by atoms with E-state index in [0.717, 1.165) is 12.8 Å². The highest BCUT2D eigenvalue weighted by Crippen LogP contribution is 2.45. The second kappa shape index (κ2) is 2.21. The molecule has 0 spiro atoms. The van der Waals surface area contributed by atoms with E-state index >= 15 is 0 Å². The lowest BCUT2D eigenvalue weighted by Gasteiger charge is -2.28. The van der Waals surface area contributed by atoms with E-state index in [4.69, 9.17) is 4.74 Å². The zero-order valence-electron chi connectivity index (χ0n) is 6.72. The van der Waals surface area contributed by atoms with Crippen molar-refractivity contribution in [3.05, 3.63) is 0 Å². The standard InChI is InChI=1S/C8H13NO2/c1-8(2-3-8)7(10)9-6-4-11-5-6/h6H,2-5H2,1H3,(H,9,10). The maximum Gasteiger partial charge on any atom is 0.226 e. The summed E-state index contributed by atoms with van der Waals surface area (Å²) in [5, 5.41) is 2.95. The van der Waals surface area contributed by atoms with Crippen LogP contribution in [0.2, 0.25) is 0 Å². The Morgan fingerprint density at radius 3 is 2.55 bits per heavy atom. The predicted molar refractivity (Wildman–Crippen MR) is 40.1 cm³/mol. The zero-order valence-corrected chi connectivity index (χ0v) is 6.72. The fourth-order valence-corrected chi connectivity index (χ4v) is 1.09. The van der Waals surface area contributed by atoms with Gasteiger partial charge >= 0.3 is 0 Å². The maximum absolute atomic E-state index is 11.4. The topological polar surface area (TPSA) is 38.3 Å². The molecular formula is C8H13NO2. The molecule has 0 bridgehead atoms. The summed E-state index contributed by atoms with van der Waals surface area (Å²) in [6.45, 7) is 3.41. The van der Waals surface area contributed by atoms with Crippen LogP contribution in [0.3, 0.4) is 0 Å². The molecule has 1 saturated heterocycles. The van der Waals surface area contributed by atoms with E-state index in [2.05, 4.69) is 5.32 Å². The van der Waals surface area contributed by atoms with Crippen LogP contribution in [-0.2, 0) is 9.53 Å². The summed E-state index contributed by atoms with van der Waals surface area (Å²) in [6.07, 6.45) is 2.10. The van der Waals surface area contributed by atoms with E-state index in [1.807, 2.05) is 6.92 Å². The summed E-state index contributed by atoms with van der Waals surface area (Å²) in [6, 6.07) is 0.292. The van der Waals surface area contributed by atoms with Crippen LogP contribution in [0.4, 0.5) is 0 Å². The van der Waals surface area contributed by atoms with Gasteiger partial charge in [-0.3, -0.25) is 4.79 Å². The Labute approximate surface area is 66.1 Å². The Morgan fingerprint density at radius 1 is 1.55 bits per heavy atom. The Kier molecular flexibility index (Phi) is 1.42. The van der Waals surface area contributed by atoms with Crippen LogP contribution in [-0.4, -0.2) is 25.2 Å². The van der Waals surface area contributed by atoms with Gasteiger partial charge in [0.25, 0.3) is 0 Å². The van der Waals surface area contributed by atoms with Gasteiger partial charge in [0.15, 0.2) is 0 Å². The number of rotatable bonds is 2. The van der Waals surface area contributed by atoms with Crippen molar-refractivity contribution >= 4 is 5.91 Å². The molecule has 62 valence electrons. The molecule has 1 aliphatic heterocycles. The van der Waals surface area contributed by atoms with Crippen molar-refractivity contribution in [2.24, 2.45) is 5.41 Å². The van der Waals surface area contributed by atoms with E-state index < -0.39 is 0 Å². The fraction of sp³-hybridized carbons (Fsp3) is 0.875. The van der Waals surface area contributed by atoms with Crippen LogP contribution in [0.25, 0.3) is 0 Å². The molecule has 0 aromatic heterocycles. The first-order valence-electron chi connectivity index (χ1n) is 4.09. The van der Waals surface area contributed by atoms with Gasteiger partial charge in [0.1, 0.15) is 0 Å². The number of hydrogen-bond acceptors (Lipinski definition) is 2. The van der Waals surface area contributed by atoms with Crippen LogP contribution in [0, 0.1) is 5.41 Å². The van der Waals surface area contributed by atoms with Gasteiger partial charge < -0.3 is 10.1 Å². The van der Waals surface area contributed by atoms with Crippen LogP contribution < -0.4 is 5.32 Å². The highest BCUT2D eigenvalue weighted by Gasteiger charge is 2.45. The predicted octanol–water partition coefficient (Wildman–Crippen LogP) is 0.301. The van der Waals surface area contributed by atoms with Gasteiger partial charge in [-0.2, -0.15) is 0 Å². The second-order valence-corrected chi connectivity index (χ2v) is 3.77. The third-order valence-electron chi connectivity index (χ3n) is 2.52. The molecule has 0 unspecified atom stereocenters. The number of ether oxygens (including phenoxy) is 1. The third-order valence-corrected chi connectivity index (χ3v) is 2.52. The lowest BCUT2D eigenvalue weighted by atomic mass is 10.1. The maximum atomic E-state index is 11.4. The summed E-state index contributed by atoms with van der Waals surface area (Å²) in [7, 11) is 0. The molecule has 1 saturated carbocycles. The Balaban J connectivity index is 1.81. The largest absolute Gasteiger partial charge is 0.377 e. The van der Waals surface area contributed by atoms with Crippen molar-refractivity contribution in [2.75, 3.05) is 13.2 Å². The molecule has 0 aromatic carbocycles. The third kappa shape index (κ3) is 1.25. The average Bonchev–Trinajstić information content (AvgIpc) is 2.59. The second-order valence-electron chi connectivity index (χ2n) is 3.77. The molecule has 1 N–H and O–H groups in total. The van der Waals surface area contributed by atoms with Gasteiger partial charge in [0, 0.05) is 5.41 Å². The van der Waals surface area contributed by atoms with Crippen molar-refractivity contribution in [1.82, 2.24) is 5.32 Å². The van der Waals surface area contributed by atoms with Crippen LogP contribution in [0.15, 0.2) is 0 Å². The van der Waals surface area contributed by atoms with E-state index in [-0.39, 0.29) is 11.3 Å². The highest BCUT2D eigenvalue weighted by atomic mass is 16.5. The van der Waals surface area contributed by atoms with Gasteiger partial charge in [0.2, 0.25) is 5.91 Å². The monoisotopic (exact) mass is 155 g/mol. The molecule has 1 aliphatic carbocycles. The van der Waals surface area contributed by atoms with E-state index in [1.54, 1.807) is 0 Å². The number of hydrogen-bond donors (Lipinski definition) is 1. The van der Waals surface area contributed by atoms with Gasteiger partial charge in [-0.15, -0.1) is 0 Å². The molecular weight excluding hydrogens is 142 g/mol. The van der Waals surface area contributed by atoms with Gasteiger partial charge in [0.05, 0.1) is 19.3 Å². The van der Waals surface area contributed by atoms with Crippen LogP contribution in [0.5, 0.6) is 0 Å². The van der Waals surface area contributed by atoms with Gasteiger partial charge in [-0.25, -0.2) is 0 Å². The Bertz CT molecular complexity index is 183. The molecule has 2 aliphatic rings. The molecule has 1 heterocycles.